The highest BCUT2D eigenvalue weighted by atomic mass is 16.2. The number of rotatable bonds is 7. The largest absolute Gasteiger partial charge is 0.332 e. The summed E-state index contributed by atoms with van der Waals surface area (Å²) in [6, 6.07) is 23.7. The first-order valence-corrected chi connectivity index (χ1v) is 10.2. The molecule has 0 radical (unpaired) electrons. The summed E-state index contributed by atoms with van der Waals surface area (Å²) in [5.41, 5.74) is 5.81. The van der Waals surface area contributed by atoms with Gasteiger partial charge in [0, 0.05) is 18.3 Å². The average Bonchev–Trinajstić information content (AvgIpc) is 2.76. The van der Waals surface area contributed by atoms with Crippen molar-refractivity contribution >= 4 is 17.5 Å². The summed E-state index contributed by atoms with van der Waals surface area (Å²) in [5.74, 6) is -0.351. The van der Waals surface area contributed by atoms with Gasteiger partial charge in [0.1, 0.15) is 0 Å². The van der Waals surface area contributed by atoms with Gasteiger partial charge in [-0.15, -0.1) is 0 Å². The Bertz CT molecular complexity index is 1030. The number of carbonyl (C=O) groups excluding carboxylic acids is 2. The molecule has 0 fully saturated rings. The minimum absolute atomic E-state index is 0.000759. The van der Waals surface area contributed by atoms with Crippen molar-refractivity contribution in [3.05, 3.63) is 101 Å². The first-order chi connectivity index (χ1) is 14.5. The van der Waals surface area contributed by atoms with E-state index in [9.17, 15) is 9.59 Å². The quantitative estimate of drug-likeness (QED) is 0.619. The summed E-state index contributed by atoms with van der Waals surface area (Å²) < 4.78 is 0. The minimum atomic E-state index is -0.207. The van der Waals surface area contributed by atoms with Crippen LogP contribution < -0.4 is 5.32 Å². The fourth-order valence-electron chi connectivity index (χ4n) is 3.44. The van der Waals surface area contributed by atoms with E-state index in [4.69, 9.17) is 0 Å². The van der Waals surface area contributed by atoms with Crippen molar-refractivity contribution < 1.29 is 9.59 Å². The van der Waals surface area contributed by atoms with Crippen molar-refractivity contribution in [2.24, 2.45) is 0 Å². The van der Waals surface area contributed by atoms with E-state index >= 15 is 0 Å². The van der Waals surface area contributed by atoms with Crippen LogP contribution in [0.4, 0.5) is 5.69 Å². The van der Waals surface area contributed by atoms with E-state index in [0.29, 0.717) is 5.56 Å². The van der Waals surface area contributed by atoms with Gasteiger partial charge in [-0.25, -0.2) is 0 Å². The van der Waals surface area contributed by atoms with Crippen LogP contribution in [0.1, 0.15) is 32.6 Å². The van der Waals surface area contributed by atoms with Crippen molar-refractivity contribution in [3.63, 3.8) is 0 Å². The van der Waals surface area contributed by atoms with Gasteiger partial charge in [-0.2, -0.15) is 0 Å². The molecule has 0 heterocycles. The van der Waals surface area contributed by atoms with Gasteiger partial charge in [-0.3, -0.25) is 9.59 Å². The van der Waals surface area contributed by atoms with E-state index in [1.54, 1.807) is 7.05 Å². The van der Waals surface area contributed by atoms with E-state index in [-0.39, 0.29) is 18.4 Å². The normalized spacial score (nSPS) is 10.5. The molecule has 30 heavy (non-hydrogen) atoms. The lowest BCUT2D eigenvalue weighted by Crippen LogP contribution is -2.35. The third-order valence-electron chi connectivity index (χ3n) is 5.38. The second-order valence-electron chi connectivity index (χ2n) is 7.60. The molecule has 0 aromatic heterocycles. The summed E-state index contributed by atoms with van der Waals surface area (Å²) >= 11 is 0. The van der Waals surface area contributed by atoms with Crippen LogP contribution >= 0.6 is 0 Å². The minimum Gasteiger partial charge on any atom is -0.332 e. The molecule has 0 aliphatic rings. The topological polar surface area (TPSA) is 49.4 Å². The van der Waals surface area contributed by atoms with Gasteiger partial charge in [0.15, 0.2) is 0 Å². The first kappa shape index (κ1) is 21.3. The number of anilines is 1. The Balaban J connectivity index is 1.65. The van der Waals surface area contributed by atoms with Gasteiger partial charge in [-0.05, 0) is 61.1 Å². The molecule has 0 aliphatic heterocycles. The predicted molar refractivity (Wildman–Crippen MR) is 122 cm³/mol. The summed E-state index contributed by atoms with van der Waals surface area (Å²) in [4.78, 5) is 27.0. The third kappa shape index (κ3) is 5.35. The second-order valence-corrected chi connectivity index (χ2v) is 7.60. The average molecular weight is 401 g/mol. The van der Waals surface area contributed by atoms with Crippen molar-refractivity contribution in [2.45, 2.75) is 26.7 Å². The molecular formula is C26H28N2O2. The molecule has 0 saturated heterocycles. The molecule has 3 aromatic rings. The molecule has 0 saturated carbocycles. The number of benzene rings is 3. The highest BCUT2D eigenvalue weighted by molar-refractivity contribution is 6.00. The Morgan fingerprint density at radius 1 is 0.833 bits per heavy atom. The van der Waals surface area contributed by atoms with Gasteiger partial charge < -0.3 is 10.2 Å². The molecule has 154 valence electrons. The van der Waals surface area contributed by atoms with Gasteiger partial charge in [0.25, 0.3) is 5.91 Å². The third-order valence-corrected chi connectivity index (χ3v) is 5.38. The second kappa shape index (κ2) is 9.88. The highest BCUT2D eigenvalue weighted by Gasteiger charge is 2.18. The number of likely N-dealkylation sites (N-methyl/N-ethyl adjacent to an activating group) is 1. The zero-order chi connectivity index (χ0) is 21.5. The van der Waals surface area contributed by atoms with Crippen LogP contribution in [-0.2, 0) is 17.6 Å². The molecule has 3 rings (SSSR count). The van der Waals surface area contributed by atoms with Crippen LogP contribution in [0.15, 0.2) is 72.8 Å². The predicted octanol–water partition coefficient (Wildman–Crippen LogP) is 4.80. The molecular weight excluding hydrogens is 372 g/mol. The number of nitrogens with zero attached hydrogens (tertiary/aromatic N) is 1. The van der Waals surface area contributed by atoms with Gasteiger partial charge in [0.05, 0.1) is 6.54 Å². The van der Waals surface area contributed by atoms with Crippen LogP contribution in [0.2, 0.25) is 0 Å². The summed E-state index contributed by atoms with van der Waals surface area (Å²) in [7, 11) is 1.67. The van der Waals surface area contributed by atoms with Crippen molar-refractivity contribution in [2.75, 3.05) is 18.9 Å². The summed E-state index contributed by atoms with van der Waals surface area (Å²) in [6.07, 6.45) is 1.64. The van der Waals surface area contributed by atoms with Crippen molar-refractivity contribution in [3.8, 4) is 0 Å². The molecule has 4 nitrogen and oxygen atoms in total. The van der Waals surface area contributed by atoms with E-state index in [0.717, 1.165) is 35.2 Å². The molecule has 0 bridgehead atoms. The Morgan fingerprint density at radius 3 is 2.30 bits per heavy atom. The van der Waals surface area contributed by atoms with Crippen LogP contribution in [-0.4, -0.2) is 30.3 Å². The summed E-state index contributed by atoms with van der Waals surface area (Å²) in [5, 5.41) is 2.92. The lowest BCUT2D eigenvalue weighted by Gasteiger charge is -2.19. The number of nitrogens with one attached hydrogen (secondary N) is 1. The molecule has 0 aliphatic carbocycles. The first-order valence-electron chi connectivity index (χ1n) is 10.2. The van der Waals surface area contributed by atoms with Gasteiger partial charge >= 0.3 is 0 Å². The lowest BCUT2D eigenvalue weighted by molar-refractivity contribution is -0.116. The van der Waals surface area contributed by atoms with E-state index < -0.39 is 0 Å². The Kier molecular flexibility index (Phi) is 7.02. The van der Waals surface area contributed by atoms with E-state index in [2.05, 4.69) is 17.4 Å². The molecule has 1 N–H and O–H groups in total. The zero-order valence-electron chi connectivity index (χ0n) is 17.8. The number of carbonyl (C=O) groups is 2. The number of aryl methyl sites for hydroxylation is 3. The van der Waals surface area contributed by atoms with E-state index in [1.165, 1.54) is 10.5 Å². The number of amides is 2. The Hall–Kier alpha value is -3.40. The maximum atomic E-state index is 13.0. The molecule has 4 heteroatoms. The van der Waals surface area contributed by atoms with Crippen LogP contribution in [0.5, 0.6) is 0 Å². The van der Waals surface area contributed by atoms with Crippen LogP contribution in [0.25, 0.3) is 0 Å². The maximum absolute atomic E-state index is 13.0. The fraction of sp³-hybridized carbons (Fsp3) is 0.231. The monoisotopic (exact) mass is 400 g/mol. The SMILES string of the molecule is Cc1cccc(NC(=O)CN(C)C(=O)c2ccccc2CCc2ccccc2)c1C. The Morgan fingerprint density at radius 2 is 1.53 bits per heavy atom. The smallest absolute Gasteiger partial charge is 0.254 e. The highest BCUT2D eigenvalue weighted by Crippen LogP contribution is 2.18. The molecule has 0 unspecified atom stereocenters. The molecule has 3 aromatic carbocycles. The van der Waals surface area contributed by atoms with Crippen LogP contribution in [0.3, 0.4) is 0 Å². The molecule has 2 amide bonds. The van der Waals surface area contributed by atoms with Gasteiger partial charge in [0.2, 0.25) is 5.91 Å². The van der Waals surface area contributed by atoms with Crippen molar-refractivity contribution in [1.29, 1.82) is 0 Å². The lowest BCUT2D eigenvalue weighted by atomic mass is 9.99. The standard InChI is InChI=1S/C26H28N2O2/c1-19-10-9-15-24(20(19)2)27-25(29)18-28(3)26(30)23-14-8-7-13-22(23)17-16-21-11-5-4-6-12-21/h4-15H,16-18H2,1-3H3,(H,27,29). The zero-order valence-corrected chi connectivity index (χ0v) is 17.8. The van der Waals surface area contributed by atoms with Crippen molar-refractivity contribution in [1.82, 2.24) is 4.90 Å². The Labute approximate surface area is 178 Å². The number of hydrogen-bond acceptors (Lipinski definition) is 2. The van der Waals surface area contributed by atoms with Gasteiger partial charge in [-0.1, -0.05) is 60.7 Å². The maximum Gasteiger partial charge on any atom is 0.254 e. The molecule has 0 spiro atoms. The summed E-state index contributed by atoms with van der Waals surface area (Å²) in [6.45, 7) is 3.98. The fourth-order valence-corrected chi connectivity index (χ4v) is 3.44. The number of hydrogen-bond donors (Lipinski definition) is 1. The van der Waals surface area contributed by atoms with E-state index in [1.807, 2.05) is 74.5 Å². The molecule has 0 atom stereocenters. The van der Waals surface area contributed by atoms with Crippen LogP contribution in [0, 0.1) is 13.8 Å².